The summed E-state index contributed by atoms with van der Waals surface area (Å²) < 4.78 is 31.0. The standard InChI is InChI=1S/C38H38O8S/c1-25-20-22-32(23-21-25)47-37-36(45-28(4)41)35(44-27(3)40)34(43-26(2)39)33(46-37)24-42-38(29-14-8-5-9-15-29,30-16-10-6-11-17-30)31-18-12-7-13-19-31/h5-23,33-37H,24H2,1-4H3/t33-,34+,35+,36-,37+/m1/s1. The first-order valence-corrected chi connectivity index (χ1v) is 16.3. The van der Waals surface area contributed by atoms with Gasteiger partial charge in [-0.3, -0.25) is 14.4 Å². The summed E-state index contributed by atoms with van der Waals surface area (Å²) in [5.41, 5.74) is 1.75. The minimum Gasteiger partial charge on any atom is -0.456 e. The normalized spacial score (nSPS) is 21.0. The average molecular weight is 655 g/mol. The van der Waals surface area contributed by atoms with Crippen molar-refractivity contribution in [1.29, 1.82) is 0 Å². The van der Waals surface area contributed by atoms with Gasteiger partial charge in [0, 0.05) is 25.7 Å². The Bertz CT molecular complexity index is 1530. The Labute approximate surface area is 279 Å². The van der Waals surface area contributed by atoms with E-state index < -0.39 is 53.4 Å². The van der Waals surface area contributed by atoms with E-state index in [2.05, 4.69) is 0 Å². The minimum atomic E-state index is -1.18. The quantitative estimate of drug-likeness (QED) is 0.100. The smallest absolute Gasteiger partial charge is 0.303 e. The highest BCUT2D eigenvalue weighted by atomic mass is 32.2. The van der Waals surface area contributed by atoms with Crippen LogP contribution in [0.4, 0.5) is 0 Å². The molecule has 5 atom stereocenters. The molecule has 244 valence electrons. The molecule has 5 rings (SSSR count). The van der Waals surface area contributed by atoms with Crippen molar-refractivity contribution in [3.63, 3.8) is 0 Å². The molecule has 0 aromatic heterocycles. The maximum absolute atomic E-state index is 12.5. The second-order valence-electron chi connectivity index (χ2n) is 11.3. The topological polar surface area (TPSA) is 97.4 Å². The molecule has 1 saturated heterocycles. The Hall–Kier alpha value is -4.44. The Morgan fingerprint density at radius 2 is 1.04 bits per heavy atom. The van der Waals surface area contributed by atoms with Crippen LogP contribution in [0.15, 0.2) is 120 Å². The highest BCUT2D eigenvalue weighted by molar-refractivity contribution is 7.99. The highest BCUT2D eigenvalue weighted by Gasteiger charge is 2.53. The van der Waals surface area contributed by atoms with E-state index in [-0.39, 0.29) is 6.61 Å². The molecule has 1 aliphatic heterocycles. The molecule has 1 heterocycles. The summed E-state index contributed by atoms with van der Waals surface area (Å²) in [7, 11) is 0. The lowest BCUT2D eigenvalue weighted by Crippen LogP contribution is -2.61. The van der Waals surface area contributed by atoms with Crippen LogP contribution >= 0.6 is 11.8 Å². The van der Waals surface area contributed by atoms with Crippen LogP contribution in [0.1, 0.15) is 43.0 Å². The van der Waals surface area contributed by atoms with E-state index >= 15 is 0 Å². The number of esters is 3. The number of carbonyl (C=O) groups excluding carboxylic acids is 3. The third-order valence-electron chi connectivity index (χ3n) is 7.78. The molecular formula is C38H38O8S. The number of benzene rings is 4. The van der Waals surface area contributed by atoms with E-state index in [0.29, 0.717) is 0 Å². The van der Waals surface area contributed by atoms with Crippen molar-refractivity contribution in [2.45, 2.75) is 68.0 Å². The molecule has 9 heteroatoms. The lowest BCUT2D eigenvalue weighted by molar-refractivity contribution is -0.241. The Morgan fingerprint density at radius 3 is 1.49 bits per heavy atom. The van der Waals surface area contributed by atoms with Crippen LogP contribution in [0.5, 0.6) is 0 Å². The lowest BCUT2D eigenvalue weighted by Gasteiger charge is -2.45. The van der Waals surface area contributed by atoms with Gasteiger partial charge in [-0.2, -0.15) is 0 Å². The summed E-state index contributed by atoms with van der Waals surface area (Å²) >= 11 is 1.31. The first-order valence-electron chi connectivity index (χ1n) is 15.4. The molecular weight excluding hydrogens is 616 g/mol. The number of hydrogen-bond donors (Lipinski definition) is 0. The fourth-order valence-electron chi connectivity index (χ4n) is 5.81. The van der Waals surface area contributed by atoms with E-state index in [1.54, 1.807) is 0 Å². The zero-order chi connectivity index (χ0) is 33.4. The Balaban J connectivity index is 1.60. The Morgan fingerprint density at radius 1 is 0.617 bits per heavy atom. The van der Waals surface area contributed by atoms with Crippen molar-refractivity contribution in [3.8, 4) is 0 Å². The van der Waals surface area contributed by atoms with Gasteiger partial charge in [-0.15, -0.1) is 0 Å². The molecule has 0 N–H and O–H groups in total. The largest absolute Gasteiger partial charge is 0.456 e. The number of carbonyl (C=O) groups is 3. The van der Waals surface area contributed by atoms with Crippen molar-refractivity contribution in [1.82, 2.24) is 0 Å². The molecule has 0 radical (unpaired) electrons. The third kappa shape index (κ3) is 8.11. The van der Waals surface area contributed by atoms with Crippen molar-refractivity contribution in [2.75, 3.05) is 6.61 Å². The van der Waals surface area contributed by atoms with Crippen molar-refractivity contribution in [2.24, 2.45) is 0 Å². The van der Waals surface area contributed by atoms with Gasteiger partial charge in [-0.05, 0) is 35.7 Å². The molecule has 0 spiro atoms. The fraction of sp³-hybridized carbons (Fsp3) is 0.289. The van der Waals surface area contributed by atoms with Crippen LogP contribution in [-0.4, -0.2) is 54.4 Å². The van der Waals surface area contributed by atoms with Gasteiger partial charge in [0.1, 0.15) is 17.1 Å². The summed E-state index contributed by atoms with van der Waals surface area (Å²) in [6.45, 7) is 5.68. The zero-order valence-corrected chi connectivity index (χ0v) is 27.6. The van der Waals surface area contributed by atoms with E-state index in [9.17, 15) is 14.4 Å². The van der Waals surface area contributed by atoms with Gasteiger partial charge in [0.05, 0.1) is 6.61 Å². The monoisotopic (exact) mass is 654 g/mol. The molecule has 0 saturated carbocycles. The molecule has 1 aliphatic rings. The molecule has 8 nitrogen and oxygen atoms in total. The van der Waals surface area contributed by atoms with Gasteiger partial charge in [-0.1, -0.05) is 120 Å². The summed E-state index contributed by atoms with van der Waals surface area (Å²) in [5, 5.41) is 0. The van der Waals surface area contributed by atoms with Gasteiger partial charge >= 0.3 is 17.9 Å². The number of thioether (sulfide) groups is 1. The number of aryl methyl sites for hydroxylation is 1. The van der Waals surface area contributed by atoms with Crippen LogP contribution in [0.3, 0.4) is 0 Å². The number of ether oxygens (including phenoxy) is 5. The highest BCUT2D eigenvalue weighted by Crippen LogP contribution is 2.43. The van der Waals surface area contributed by atoms with Gasteiger partial charge in [0.15, 0.2) is 18.3 Å². The van der Waals surface area contributed by atoms with Crippen LogP contribution in [0.2, 0.25) is 0 Å². The van der Waals surface area contributed by atoms with Crippen molar-refractivity contribution >= 4 is 29.7 Å². The maximum atomic E-state index is 12.5. The summed E-state index contributed by atoms with van der Waals surface area (Å²) in [6.07, 6.45) is -4.36. The van der Waals surface area contributed by atoms with E-state index in [0.717, 1.165) is 27.1 Å². The van der Waals surface area contributed by atoms with E-state index in [1.807, 2.05) is 122 Å². The third-order valence-corrected chi connectivity index (χ3v) is 8.93. The molecule has 0 unspecified atom stereocenters. The summed E-state index contributed by atoms with van der Waals surface area (Å²) in [5.74, 6) is -1.85. The predicted octanol–water partition coefficient (Wildman–Crippen LogP) is 6.62. The van der Waals surface area contributed by atoms with E-state index in [4.69, 9.17) is 23.7 Å². The van der Waals surface area contributed by atoms with Crippen LogP contribution < -0.4 is 0 Å². The summed E-state index contributed by atoms with van der Waals surface area (Å²) in [6, 6.07) is 37.3. The van der Waals surface area contributed by atoms with Gasteiger partial charge in [0.2, 0.25) is 0 Å². The SMILES string of the molecule is CC(=O)O[C@H]1[C@@H](OC(C)=O)[C@@H](COC(c2ccccc2)(c2ccccc2)c2ccccc2)O[C@@H](Sc2ccc(C)cc2)[C@@H]1OC(C)=O. The molecule has 0 amide bonds. The molecule has 47 heavy (non-hydrogen) atoms. The molecule has 4 aromatic rings. The number of hydrogen-bond acceptors (Lipinski definition) is 9. The maximum Gasteiger partial charge on any atom is 0.303 e. The van der Waals surface area contributed by atoms with Crippen LogP contribution in [0, 0.1) is 6.92 Å². The Kier molecular flexibility index (Phi) is 11.1. The fourth-order valence-corrected chi connectivity index (χ4v) is 6.92. The van der Waals surface area contributed by atoms with Crippen LogP contribution in [-0.2, 0) is 43.7 Å². The van der Waals surface area contributed by atoms with Gasteiger partial charge < -0.3 is 23.7 Å². The lowest BCUT2D eigenvalue weighted by atomic mass is 9.80. The first-order chi connectivity index (χ1) is 22.7. The van der Waals surface area contributed by atoms with Gasteiger partial charge in [0.25, 0.3) is 0 Å². The second-order valence-corrected chi connectivity index (χ2v) is 12.5. The second kappa shape index (κ2) is 15.4. The zero-order valence-electron chi connectivity index (χ0n) is 26.7. The molecule has 0 aliphatic carbocycles. The predicted molar refractivity (Wildman–Crippen MR) is 178 cm³/mol. The van der Waals surface area contributed by atoms with Gasteiger partial charge in [-0.25, -0.2) is 0 Å². The first kappa shape index (κ1) is 33.9. The average Bonchev–Trinajstić information content (AvgIpc) is 3.06. The summed E-state index contributed by atoms with van der Waals surface area (Å²) in [4.78, 5) is 38.2. The van der Waals surface area contributed by atoms with Crippen molar-refractivity contribution < 1.29 is 38.1 Å². The molecule has 4 aromatic carbocycles. The minimum absolute atomic E-state index is 0.0911. The van der Waals surface area contributed by atoms with Crippen LogP contribution in [0.25, 0.3) is 0 Å². The number of rotatable bonds is 11. The van der Waals surface area contributed by atoms with E-state index in [1.165, 1.54) is 32.5 Å². The van der Waals surface area contributed by atoms with Crippen molar-refractivity contribution in [3.05, 3.63) is 138 Å². The molecule has 1 fully saturated rings. The molecule has 0 bridgehead atoms.